The van der Waals surface area contributed by atoms with Crippen molar-refractivity contribution in [1.82, 2.24) is 9.78 Å². The predicted molar refractivity (Wildman–Crippen MR) is 67.3 cm³/mol. The number of aromatic nitrogens is 2. The molecule has 17 heavy (non-hydrogen) atoms. The van der Waals surface area contributed by atoms with Gasteiger partial charge < -0.3 is 11.1 Å². The normalized spacial score (nSPS) is 10.2. The number of nitrogen functional groups attached to an aromatic ring is 1. The van der Waals surface area contributed by atoms with E-state index in [0.717, 1.165) is 11.5 Å². The van der Waals surface area contributed by atoms with E-state index in [1.807, 2.05) is 25.4 Å². The van der Waals surface area contributed by atoms with E-state index in [-0.39, 0.29) is 5.78 Å². The van der Waals surface area contributed by atoms with Crippen LogP contribution in [-0.2, 0) is 7.05 Å². The maximum Gasteiger partial charge on any atom is 0.161 e. The summed E-state index contributed by atoms with van der Waals surface area (Å²) in [5.41, 5.74) is 7.62. The lowest BCUT2D eigenvalue weighted by Gasteiger charge is -2.06. The highest BCUT2D eigenvalue weighted by Crippen LogP contribution is 2.21. The molecule has 5 heteroatoms. The van der Waals surface area contributed by atoms with Gasteiger partial charge in [0.25, 0.3) is 0 Å². The Balaban J connectivity index is 2.23. The van der Waals surface area contributed by atoms with E-state index in [2.05, 4.69) is 10.4 Å². The molecular weight excluding hydrogens is 216 g/mol. The number of nitrogens with one attached hydrogen (secondary N) is 1. The fourth-order valence-corrected chi connectivity index (χ4v) is 1.59. The van der Waals surface area contributed by atoms with Crippen LogP contribution < -0.4 is 11.1 Å². The Bertz CT molecular complexity index is 559. The van der Waals surface area contributed by atoms with Crippen molar-refractivity contribution < 1.29 is 4.79 Å². The van der Waals surface area contributed by atoms with Crippen molar-refractivity contribution in [3.8, 4) is 0 Å². The molecule has 3 N–H and O–H groups in total. The first-order valence-electron chi connectivity index (χ1n) is 5.23. The molecule has 2 rings (SSSR count). The zero-order chi connectivity index (χ0) is 12.4. The fraction of sp³-hybridized carbons (Fsp3) is 0.167. The molecule has 0 bridgehead atoms. The van der Waals surface area contributed by atoms with Gasteiger partial charge in [0, 0.05) is 36.2 Å². The first-order chi connectivity index (χ1) is 8.06. The Hall–Kier alpha value is -2.30. The molecule has 2 aromatic rings. The maximum absolute atomic E-state index is 11.2. The Kier molecular flexibility index (Phi) is 2.82. The van der Waals surface area contributed by atoms with Crippen LogP contribution >= 0.6 is 0 Å². The topological polar surface area (TPSA) is 72.9 Å². The molecule has 0 spiro atoms. The van der Waals surface area contributed by atoms with Crippen LogP contribution in [0.3, 0.4) is 0 Å². The van der Waals surface area contributed by atoms with E-state index in [0.29, 0.717) is 11.3 Å². The number of hydrogen-bond acceptors (Lipinski definition) is 4. The number of benzene rings is 1. The van der Waals surface area contributed by atoms with Crippen molar-refractivity contribution in [2.24, 2.45) is 7.05 Å². The van der Waals surface area contributed by atoms with Crippen LogP contribution in [0.15, 0.2) is 30.5 Å². The summed E-state index contributed by atoms with van der Waals surface area (Å²) < 4.78 is 1.70. The van der Waals surface area contributed by atoms with Crippen molar-refractivity contribution >= 4 is 23.0 Å². The standard InChI is InChI=1S/C12H14N4O/c1-8(17)10-4-3-9(7-11(10)13)14-12-5-6-16(2)15-12/h3-7H,13H2,1-2H3,(H,14,15). The second-order valence-corrected chi connectivity index (χ2v) is 3.86. The van der Waals surface area contributed by atoms with E-state index in [1.54, 1.807) is 16.8 Å². The maximum atomic E-state index is 11.2. The number of hydrogen-bond donors (Lipinski definition) is 2. The zero-order valence-corrected chi connectivity index (χ0v) is 9.77. The van der Waals surface area contributed by atoms with E-state index in [9.17, 15) is 4.79 Å². The van der Waals surface area contributed by atoms with Gasteiger partial charge in [-0.2, -0.15) is 5.10 Å². The summed E-state index contributed by atoms with van der Waals surface area (Å²) in [5, 5.41) is 7.30. The Morgan fingerprint density at radius 1 is 1.41 bits per heavy atom. The summed E-state index contributed by atoms with van der Waals surface area (Å²) in [6.07, 6.45) is 1.84. The first-order valence-corrected chi connectivity index (χ1v) is 5.23. The molecule has 0 aliphatic carbocycles. The van der Waals surface area contributed by atoms with Crippen molar-refractivity contribution in [2.75, 3.05) is 11.1 Å². The third-order valence-electron chi connectivity index (χ3n) is 2.42. The molecule has 5 nitrogen and oxygen atoms in total. The van der Waals surface area contributed by atoms with Crippen molar-refractivity contribution in [2.45, 2.75) is 6.92 Å². The number of anilines is 3. The van der Waals surface area contributed by atoms with Gasteiger partial charge in [-0.1, -0.05) is 0 Å². The largest absolute Gasteiger partial charge is 0.398 e. The molecular formula is C12H14N4O. The summed E-state index contributed by atoms with van der Waals surface area (Å²) in [6.45, 7) is 1.50. The number of rotatable bonds is 3. The van der Waals surface area contributed by atoms with Crippen molar-refractivity contribution in [1.29, 1.82) is 0 Å². The van der Waals surface area contributed by atoms with Crippen molar-refractivity contribution in [3.05, 3.63) is 36.0 Å². The number of aryl methyl sites for hydroxylation is 1. The molecule has 88 valence electrons. The molecule has 1 heterocycles. The van der Waals surface area contributed by atoms with Gasteiger partial charge in [-0.3, -0.25) is 9.48 Å². The predicted octanol–water partition coefficient (Wildman–Crippen LogP) is 1.95. The summed E-state index contributed by atoms with van der Waals surface area (Å²) >= 11 is 0. The van der Waals surface area contributed by atoms with Gasteiger partial charge in [-0.05, 0) is 25.1 Å². The molecule has 0 unspecified atom stereocenters. The molecule has 0 saturated carbocycles. The molecule has 0 aliphatic rings. The van der Waals surface area contributed by atoms with E-state index < -0.39 is 0 Å². The Morgan fingerprint density at radius 3 is 2.71 bits per heavy atom. The monoisotopic (exact) mass is 230 g/mol. The minimum atomic E-state index is -0.0353. The van der Waals surface area contributed by atoms with Gasteiger partial charge in [0.2, 0.25) is 0 Å². The summed E-state index contributed by atoms with van der Waals surface area (Å²) in [7, 11) is 1.85. The third kappa shape index (κ3) is 2.44. The number of ketones is 1. The molecule has 0 amide bonds. The lowest BCUT2D eigenvalue weighted by molar-refractivity contribution is 0.101. The van der Waals surface area contributed by atoms with Gasteiger partial charge in [0.1, 0.15) is 0 Å². The minimum Gasteiger partial charge on any atom is -0.398 e. The molecule has 0 radical (unpaired) electrons. The van der Waals surface area contributed by atoms with Crippen LogP contribution in [0.5, 0.6) is 0 Å². The number of Topliss-reactive ketones (excluding diaryl/α,β-unsaturated/α-hetero) is 1. The average Bonchev–Trinajstić information content (AvgIpc) is 2.63. The smallest absolute Gasteiger partial charge is 0.161 e. The first kappa shape index (κ1) is 11.2. The van der Waals surface area contributed by atoms with E-state index in [1.165, 1.54) is 6.92 Å². The van der Waals surface area contributed by atoms with Gasteiger partial charge >= 0.3 is 0 Å². The third-order valence-corrected chi connectivity index (χ3v) is 2.42. The highest BCUT2D eigenvalue weighted by molar-refractivity contribution is 5.99. The second-order valence-electron chi connectivity index (χ2n) is 3.86. The summed E-state index contributed by atoms with van der Waals surface area (Å²) in [6, 6.07) is 7.10. The van der Waals surface area contributed by atoms with Crippen LogP contribution in [0.2, 0.25) is 0 Å². The molecule has 1 aromatic carbocycles. The highest BCUT2D eigenvalue weighted by atomic mass is 16.1. The summed E-state index contributed by atoms with van der Waals surface area (Å²) in [5.74, 6) is 0.703. The van der Waals surface area contributed by atoms with Gasteiger partial charge in [-0.25, -0.2) is 0 Å². The quantitative estimate of drug-likeness (QED) is 0.624. The van der Waals surface area contributed by atoms with Crippen LogP contribution in [0, 0.1) is 0 Å². The number of nitrogens with zero attached hydrogens (tertiary/aromatic N) is 2. The van der Waals surface area contributed by atoms with Crippen LogP contribution in [0.25, 0.3) is 0 Å². The van der Waals surface area contributed by atoms with E-state index in [4.69, 9.17) is 5.73 Å². The van der Waals surface area contributed by atoms with Crippen LogP contribution in [0.1, 0.15) is 17.3 Å². The molecule has 1 aromatic heterocycles. The average molecular weight is 230 g/mol. The molecule has 0 aliphatic heterocycles. The van der Waals surface area contributed by atoms with Gasteiger partial charge in [0.15, 0.2) is 11.6 Å². The van der Waals surface area contributed by atoms with Gasteiger partial charge in [0.05, 0.1) is 0 Å². The highest BCUT2D eigenvalue weighted by Gasteiger charge is 2.05. The van der Waals surface area contributed by atoms with E-state index >= 15 is 0 Å². The van der Waals surface area contributed by atoms with Gasteiger partial charge in [-0.15, -0.1) is 0 Å². The number of nitrogens with two attached hydrogens (primary N) is 1. The zero-order valence-electron chi connectivity index (χ0n) is 9.77. The molecule has 0 saturated heterocycles. The second kappa shape index (κ2) is 4.29. The lowest BCUT2D eigenvalue weighted by Crippen LogP contribution is -2.01. The van der Waals surface area contributed by atoms with Crippen LogP contribution in [-0.4, -0.2) is 15.6 Å². The molecule has 0 atom stereocenters. The fourth-order valence-electron chi connectivity index (χ4n) is 1.59. The number of carbonyl (C=O) groups excluding carboxylic acids is 1. The molecule has 0 fully saturated rings. The minimum absolute atomic E-state index is 0.0353. The number of carbonyl (C=O) groups is 1. The SMILES string of the molecule is CC(=O)c1ccc(Nc2ccn(C)n2)cc1N. The van der Waals surface area contributed by atoms with Crippen molar-refractivity contribution in [3.63, 3.8) is 0 Å². The summed E-state index contributed by atoms with van der Waals surface area (Å²) in [4.78, 5) is 11.2. The Morgan fingerprint density at radius 2 is 2.18 bits per heavy atom. The lowest BCUT2D eigenvalue weighted by atomic mass is 10.1. The Labute approximate surface area is 99.2 Å². The van der Waals surface area contributed by atoms with Crippen LogP contribution in [0.4, 0.5) is 17.2 Å².